The summed E-state index contributed by atoms with van der Waals surface area (Å²) in [5, 5.41) is 4.39. The molecule has 1 heterocycles. The number of ketones is 1. The van der Waals surface area contributed by atoms with Crippen LogP contribution in [0.5, 0.6) is 0 Å². The van der Waals surface area contributed by atoms with E-state index in [4.69, 9.17) is 23.2 Å². The molecule has 3 aromatic rings. The lowest BCUT2D eigenvalue weighted by Crippen LogP contribution is -2.28. The van der Waals surface area contributed by atoms with Crippen molar-refractivity contribution < 1.29 is 18.0 Å². The Morgan fingerprint density at radius 3 is 1.96 bits per heavy atom. The Hall–Kier alpha value is -2.64. The molecule has 0 aliphatic rings. The van der Waals surface area contributed by atoms with Gasteiger partial charge in [-0.2, -0.15) is 23.0 Å². The van der Waals surface area contributed by atoms with Gasteiger partial charge < -0.3 is 0 Å². The molecule has 0 bridgehead atoms. The van der Waals surface area contributed by atoms with E-state index in [1.807, 2.05) is 0 Å². The fraction of sp³-hybridized carbons (Fsp3) is 0.0556. The van der Waals surface area contributed by atoms with Crippen molar-refractivity contribution in [3.63, 3.8) is 0 Å². The summed E-state index contributed by atoms with van der Waals surface area (Å²) < 4.78 is 40.8. The number of aromatic nitrogens is 2. The molecule has 0 saturated carbocycles. The van der Waals surface area contributed by atoms with E-state index in [2.05, 4.69) is 5.10 Å². The monoisotopic (exact) mass is 412 g/mol. The van der Waals surface area contributed by atoms with Crippen LogP contribution in [0.2, 0.25) is 10.0 Å². The van der Waals surface area contributed by atoms with Gasteiger partial charge in [0.1, 0.15) is 5.69 Å². The van der Waals surface area contributed by atoms with E-state index in [1.54, 1.807) is 0 Å². The Kier molecular flexibility index (Phi) is 5.08. The second-order valence-corrected chi connectivity index (χ2v) is 6.34. The van der Waals surface area contributed by atoms with Gasteiger partial charge in [-0.15, -0.1) is 0 Å². The van der Waals surface area contributed by atoms with Gasteiger partial charge in [-0.1, -0.05) is 23.2 Å². The van der Waals surface area contributed by atoms with E-state index in [-0.39, 0.29) is 11.3 Å². The summed E-state index contributed by atoms with van der Waals surface area (Å²) in [6.07, 6.45) is -4.93. The molecule has 4 nitrogen and oxygen atoms in total. The molecule has 3 rings (SSSR count). The number of hydrogen-bond donors (Lipinski definition) is 0. The highest BCUT2D eigenvalue weighted by molar-refractivity contribution is 6.31. The van der Waals surface area contributed by atoms with Crippen LogP contribution < -0.4 is 5.56 Å². The molecule has 0 unspecified atom stereocenters. The van der Waals surface area contributed by atoms with Crippen LogP contribution in [-0.2, 0) is 6.18 Å². The van der Waals surface area contributed by atoms with Crippen LogP contribution in [0.25, 0.3) is 5.69 Å². The minimum atomic E-state index is -4.93. The number of carbonyl (C=O) groups is 1. The predicted molar refractivity (Wildman–Crippen MR) is 94.7 cm³/mol. The molecule has 138 valence electrons. The van der Waals surface area contributed by atoms with E-state index in [0.29, 0.717) is 20.8 Å². The van der Waals surface area contributed by atoms with Crippen molar-refractivity contribution >= 4 is 29.0 Å². The Bertz CT molecular complexity index is 1060. The first-order chi connectivity index (χ1) is 12.7. The topological polar surface area (TPSA) is 52.0 Å². The highest BCUT2D eigenvalue weighted by atomic mass is 35.5. The number of hydrogen-bond acceptors (Lipinski definition) is 3. The standard InChI is InChI=1S/C18H9Cl2F3N2O2/c19-11-3-1-10(2-4-11)17(27)16-14(18(21,22)23)9-15(26)25(24-16)13-7-5-12(20)6-8-13/h1-9H. The molecule has 0 amide bonds. The van der Waals surface area contributed by atoms with Gasteiger partial charge in [-0.25, -0.2) is 0 Å². The quantitative estimate of drug-likeness (QED) is 0.581. The Labute approximate surface area is 160 Å². The van der Waals surface area contributed by atoms with Crippen molar-refractivity contribution in [2.75, 3.05) is 0 Å². The van der Waals surface area contributed by atoms with Gasteiger partial charge in [0.15, 0.2) is 0 Å². The molecule has 0 N–H and O–H groups in total. The molecule has 9 heteroatoms. The molecule has 0 atom stereocenters. The number of nitrogens with zero attached hydrogens (tertiary/aromatic N) is 2. The Balaban J connectivity index is 2.22. The molecular formula is C18H9Cl2F3N2O2. The van der Waals surface area contributed by atoms with Crippen molar-refractivity contribution in [1.82, 2.24) is 9.78 Å². The van der Waals surface area contributed by atoms with E-state index in [1.165, 1.54) is 48.5 Å². The van der Waals surface area contributed by atoms with Gasteiger partial charge in [0, 0.05) is 21.7 Å². The zero-order valence-electron chi connectivity index (χ0n) is 13.3. The lowest BCUT2D eigenvalue weighted by atomic mass is 10.0. The normalized spacial score (nSPS) is 11.4. The molecule has 0 spiro atoms. The summed E-state index contributed by atoms with van der Waals surface area (Å²) in [4.78, 5) is 24.8. The average molecular weight is 413 g/mol. The van der Waals surface area contributed by atoms with Crippen LogP contribution in [0.3, 0.4) is 0 Å². The molecule has 0 aliphatic heterocycles. The van der Waals surface area contributed by atoms with Crippen LogP contribution >= 0.6 is 23.2 Å². The molecule has 0 saturated heterocycles. The minimum Gasteiger partial charge on any atom is -0.287 e. The maximum atomic E-state index is 13.4. The van der Waals surface area contributed by atoms with Crippen LogP contribution in [0.1, 0.15) is 21.6 Å². The number of rotatable bonds is 3. The second-order valence-electron chi connectivity index (χ2n) is 5.47. The van der Waals surface area contributed by atoms with E-state index in [9.17, 15) is 22.8 Å². The van der Waals surface area contributed by atoms with Crippen LogP contribution in [-0.4, -0.2) is 15.6 Å². The van der Waals surface area contributed by atoms with E-state index >= 15 is 0 Å². The summed E-state index contributed by atoms with van der Waals surface area (Å²) in [7, 11) is 0. The third-order valence-corrected chi connectivity index (χ3v) is 4.13. The molecule has 0 radical (unpaired) electrons. The van der Waals surface area contributed by atoms with Gasteiger partial charge in [0.05, 0.1) is 11.3 Å². The molecular weight excluding hydrogens is 404 g/mol. The first-order valence-electron chi connectivity index (χ1n) is 7.44. The van der Waals surface area contributed by atoms with Gasteiger partial charge in [0.25, 0.3) is 5.56 Å². The van der Waals surface area contributed by atoms with E-state index < -0.39 is 28.8 Å². The highest BCUT2D eigenvalue weighted by Gasteiger charge is 2.37. The van der Waals surface area contributed by atoms with Crippen molar-refractivity contribution in [2.45, 2.75) is 6.18 Å². The number of carbonyl (C=O) groups excluding carboxylic acids is 1. The average Bonchev–Trinajstić information content (AvgIpc) is 2.62. The lowest BCUT2D eigenvalue weighted by molar-refractivity contribution is -0.138. The summed E-state index contributed by atoms with van der Waals surface area (Å²) in [6.45, 7) is 0. The highest BCUT2D eigenvalue weighted by Crippen LogP contribution is 2.31. The molecule has 2 aromatic carbocycles. The smallest absolute Gasteiger partial charge is 0.287 e. The zero-order chi connectivity index (χ0) is 19.8. The van der Waals surface area contributed by atoms with Gasteiger partial charge in [-0.3, -0.25) is 9.59 Å². The first-order valence-corrected chi connectivity index (χ1v) is 8.20. The lowest BCUT2D eigenvalue weighted by Gasteiger charge is -2.13. The van der Waals surface area contributed by atoms with Crippen molar-refractivity contribution in [3.8, 4) is 5.69 Å². The maximum Gasteiger partial charge on any atom is 0.418 e. The van der Waals surface area contributed by atoms with Gasteiger partial charge in [-0.05, 0) is 48.5 Å². The number of halogens is 5. The third-order valence-electron chi connectivity index (χ3n) is 3.63. The van der Waals surface area contributed by atoms with E-state index in [0.717, 1.165) is 0 Å². The van der Waals surface area contributed by atoms with Crippen molar-refractivity contribution in [3.05, 3.63) is 91.8 Å². The molecule has 0 aliphatic carbocycles. The number of alkyl halides is 3. The van der Waals surface area contributed by atoms with Crippen molar-refractivity contribution in [2.24, 2.45) is 0 Å². The summed E-state index contributed by atoms with van der Waals surface area (Å²) in [6, 6.07) is 11.4. The summed E-state index contributed by atoms with van der Waals surface area (Å²) in [5.74, 6) is -0.985. The van der Waals surface area contributed by atoms with Gasteiger partial charge in [0.2, 0.25) is 5.78 Å². The minimum absolute atomic E-state index is 0.0429. The van der Waals surface area contributed by atoms with Gasteiger partial charge >= 0.3 is 6.18 Å². The summed E-state index contributed by atoms with van der Waals surface area (Å²) in [5.41, 5.74) is -3.20. The fourth-order valence-corrected chi connectivity index (χ4v) is 2.60. The largest absolute Gasteiger partial charge is 0.418 e. The SMILES string of the molecule is O=C(c1ccc(Cl)cc1)c1nn(-c2ccc(Cl)cc2)c(=O)cc1C(F)(F)F. The van der Waals surface area contributed by atoms with Crippen LogP contribution in [0, 0.1) is 0 Å². The molecule has 27 heavy (non-hydrogen) atoms. The van der Waals surface area contributed by atoms with Crippen LogP contribution in [0.4, 0.5) is 13.2 Å². The second kappa shape index (κ2) is 7.17. The maximum absolute atomic E-state index is 13.4. The Morgan fingerprint density at radius 2 is 1.44 bits per heavy atom. The summed E-state index contributed by atoms with van der Waals surface area (Å²) >= 11 is 11.5. The van der Waals surface area contributed by atoms with Crippen LogP contribution in [0.15, 0.2) is 59.4 Å². The fourth-order valence-electron chi connectivity index (χ4n) is 2.35. The third kappa shape index (κ3) is 4.04. The van der Waals surface area contributed by atoms with Crippen molar-refractivity contribution in [1.29, 1.82) is 0 Å². The molecule has 1 aromatic heterocycles. The zero-order valence-corrected chi connectivity index (χ0v) is 14.8. The predicted octanol–water partition coefficient (Wildman–Crippen LogP) is 4.79. The number of benzene rings is 2. The first kappa shape index (κ1) is 19.1. The molecule has 0 fully saturated rings. The Morgan fingerprint density at radius 1 is 0.926 bits per heavy atom.